The van der Waals surface area contributed by atoms with Crippen molar-refractivity contribution in [3.05, 3.63) is 35.9 Å². The van der Waals surface area contributed by atoms with Crippen molar-refractivity contribution in [3.63, 3.8) is 0 Å². The highest BCUT2D eigenvalue weighted by molar-refractivity contribution is 7.92. The number of sulfone groups is 1. The fourth-order valence-corrected chi connectivity index (χ4v) is 2.02. The molecule has 1 atom stereocenters. The first-order valence-corrected chi connectivity index (χ1v) is 7.13. The molecule has 3 nitrogen and oxygen atoms in total. The molecule has 0 fully saturated rings. The van der Waals surface area contributed by atoms with E-state index in [1.165, 1.54) is 6.26 Å². The van der Waals surface area contributed by atoms with Crippen molar-refractivity contribution < 1.29 is 8.42 Å². The summed E-state index contributed by atoms with van der Waals surface area (Å²) in [7, 11) is -3.15. The summed E-state index contributed by atoms with van der Waals surface area (Å²) in [6.07, 6.45) is 1.80. The van der Waals surface area contributed by atoms with Crippen molar-refractivity contribution >= 4 is 9.84 Å². The summed E-state index contributed by atoms with van der Waals surface area (Å²) in [6.45, 7) is 3.35. The van der Waals surface area contributed by atoms with Crippen LogP contribution in [0.15, 0.2) is 30.3 Å². The minimum Gasteiger partial charge on any atom is -0.326 e. The zero-order chi connectivity index (χ0) is 12.4. The van der Waals surface area contributed by atoms with Gasteiger partial charge < -0.3 is 5.73 Å². The summed E-state index contributed by atoms with van der Waals surface area (Å²) < 4.78 is 22.3. The Labute approximate surface area is 97.6 Å². The Hall–Kier alpha value is -0.870. The molecule has 0 amide bonds. The van der Waals surface area contributed by atoms with Crippen LogP contribution in [0.5, 0.6) is 0 Å². The normalized spacial score (nSPS) is 14.8. The van der Waals surface area contributed by atoms with Gasteiger partial charge in [0.25, 0.3) is 0 Å². The van der Waals surface area contributed by atoms with Crippen molar-refractivity contribution in [2.75, 3.05) is 6.26 Å². The number of hydrogen-bond acceptors (Lipinski definition) is 3. The first-order chi connectivity index (χ1) is 7.25. The van der Waals surface area contributed by atoms with E-state index in [0.29, 0.717) is 6.42 Å². The summed E-state index contributed by atoms with van der Waals surface area (Å²) in [5.41, 5.74) is 7.05. The van der Waals surface area contributed by atoms with E-state index in [-0.39, 0.29) is 0 Å². The van der Waals surface area contributed by atoms with Gasteiger partial charge in [0.2, 0.25) is 0 Å². The average Bonchev–Trinajstić information content (AvgIpc) is 2.17. The summed E-state index contributed by atoms with van der Waals surface area (Å²) in [5.74, 6) is 0. The van der Waals surface area contributed by atoms with Crippen molar-refractivity contribution in [2.24, 2.45) is 5.73 Å². The molecule has 0 bridgehead atoms. The fourth-order valence-electron chi connectivity index (χ4n) is 1.39. The zero-order valence-electron chi connectivity index (χ0n) is 9.97. The molecule has 0 aliphatic heterocycles. The van der Waals surface area contributed by atoms with Crippen molar-refractivity contribution in [1.82, 2.24) is 0 Å². The Morgan fingerprint density at radius 3 is 2.19 bits per heavy atom. The minimum absolute atomic E-state index is 0.398. The molecule has 90 valence electrons. The number of rotatable bonds is 4. The first kappa shape index (κ1) is 13.2. The second-order valence-electron chi connectivity index (χ2n) is 4.67. The molecule has 1 rings (SSSR count). The molecule has 1 aromatic rings. The molecule has 0 aromatic heterocycles. The predicted molar refractivity (Wildman–Crippen MR) is 67.0 cm³/mol. The van der Waals surface area contributed by atoms with Gasteiger partial charge in [-0.15, -0.1) is 0 Å². The van der Waals surface area contributed by atoms with E-state index in [9.17, 15) is 8.42 Å². The second-order valence-corrected chi connectivity index (χ2v) is 7.27. The van der Waals surface area contributed by atoms with Gasteiger partial charge in [-0.25, -0.2) is 8.42 Å². The summed E-state index contributed by atoms with van der Waals surface area (Å²) >= 11 is 0. The van der Waals surface area contributed by atoms with E-state index >= 15 is 0 Å². The summed E-state index contributed by atoms with van der Waals surface area (Å²) in [5, 5.41) is 0. The molecular weight excluding hydrogens is 222 g/mol. The van der Waals surface area contributed by atoms with Gasteiger partial charge in [-0.05, 0) is 25.8 Å². The van der Waals surface area contributed by atoms with Crippen LogP contribution in [0.25, 0.3) is 0 Å². The maximum Gasteiger partial charge on any atom is 0.154 e. The Morgan fingerprint density at radius 2 is 1.75 bits per heavy atom. The van der Waals surface area contributed by atoms with Crippen LogP contribution in [-0.2, 0) is 16.3 Å². The van der Waals surface area contributed by atoms with Crippen molar-refractivity contribution in [3.8, 4) is 0 Å². The van der Waals surface area contributed by atoms with Crippen LogP contribution < -0.4 is 5.73 Å². The molecule has 1 aromatic carbocycles. The van der Waals surface area contributed by atoms with Crippen molar-refractivity contribution in [2.45, 2.75) is 31.1 Å². The lowest BCUT2D eigenvalue weighted by molar-refractivity contribution is 0.482. The standard InChI is InChI=1S/C12H19NO2S/c1-12(2,16(3,14)15)11(13)9-10-7-5-4-6-8-10/h4-8,11H,9,13H2,1-3H3. The van der Waals surface area contributed by atoms with Gasteiger partial charge in [0.1, 0.15) is 0 Å². The van der Waals surface area contributed by atoms with Gasteiger partial charge >= 0.3 is 0 Å². The van der Waals surface area contributed by atoms with E-state index < -0.39 is 20.6 Å². The largest absolute Gasteiger partial charge is 0.326 e. The third kappa shape index (κ3) is 2.83. The van der Waals surface area contributed by atoms with Gasteiger partial charge in [0.05, 0.1) is 4.75 Å². The third-order valence-corrected chi connectivity index (χ3v) is 5.36. The molecule has 1 unspecified atom stereocenters. The van der Waals surface area contributed by atoms with E-state index in [2.05, 4.69) is 0 Å². The fraction of sp³-hybridized carbons (Fsp3) is 0.500. The molecule has 2 N–H and O–H groups in total. The number of nitrogens with two attached hydrogens (primary N) is 1. The van der Waals surface area contributed by atoms with E-state index in [1.54, 1.807) is 13.8 Å². The molecular formula is C12H19NO2S. The number of hydrogen-bond donors (Lipinski definition) is 1. The van der Waals surface area contributed by atoms with Gasteiger partial charge in [-0.1, -0.05) is 30.3 Å². The van der Waals surface area contributed by atoms with Crippen LogP contribution in [0.3, 0.4) is 0 Å². The quantitative estimate of drug-likeness (QED) is 0.866. The molecule has 0 spiro atoms. The highest BCUT2D eigenvalue weighted by Crippen LogP contribution is 2.21. The Balaban J connectivity index is 2.85. The SMILES string of the molecule is CC(C)(C(N)Cc1ccccc1)S(C)(=O)=O. The lowest BCUT2D eigenvalue weighted by Gasteiger charge is -2.29. The molecule has 16 heavy (non-hydrogen) atoms. The topological polar surface area (TPSA) is 60.2 Å². The lowest BCUT2D eigenvalue weighted by Crippen LogP contribution is -2.49. The van der Waals surface area contributed by atoms with Crippen LogP contribution in [-0.4, -0.2) is 25.5 Å². The van der Waals surface area contributed by atoms with Gasteiger partial charge in [0.15, 0.2) is 9.84 Å². The summed E-state index contributed by atoms with van der Waals surface area (Å²) in [6, 6.07) is 9.29. The molecule has 0 saturated carbocycles. The van der Waals surface area contributed by atoms with Crippen LogP contribution >= 0.6 is 0 Å². The number of benzene rings is 1. The Kier molecular flexibility index (Phi) is 3.76. The molecule has 0 radical (unpaired) electrons. The lowest BCUT2D eigenvalue weighted by atomic mass is 9.96. The van der Waals surface area contributed by atoms with Crippen molar-refractivity contribution in [1.29, 1.82) is 0 Å². The van der Waals surface area contributed by atoms with E-state index in [4.69, 9.17) is 5.73 Å². The highest BCUT2D eigenvalue weighted by Gasteiger charge is 2.36. The summed E-state index contributed by atoms with van der Waals surface area (Å²) in [4.78, 5) is 0. The van der Waals surface area contributed by atoms with Gasteiger partial charge in [-0.3, -0.25) is 0 Å². The third-order valence-electron chi connectivity index (χ3n) is 3.15. The smallest absolute Gasteiger partial charge is 0.154 e. The average molecular weight is 241 g/mol. The Morgan fingerprint density at radius 1 is 1.25 bits per heavy atom. The van der Waals surface area contributed by atoms with Crippen LogP contribution in [0.1, 0.15) is 19.4 Å². The molecule has 0 heterocycles. The van der Waals surface area contributed by atoms with Gasteiger partial charge in [-0.2, -0.15) is 0 Å². The molecule has 0 aliphatic rings. The maximum atomic E-state index is 11.6. The van der Waals surface area contributed by atoms with E-state index in [0.717, 1.165) is 5.56 Å². The van der Waals surface area contributed by atoms with Crippen LogP contribution in [0.4, 0.5) is 0 Å². The van der Waals surface area contributed by atoms with Crippen LogP contribution in [0.2, 0.25) is 0 Å². The molecule has 0 saturated heterocycles. The maximum absolute atomic E-state index is 11.6. The monoisotopic (exact) mass is 241 g/mol. The van der Waals surface area contributed by atoms with Crippen LogP contribution in [0, 0.1) is 0 Å². The minimum atomic E-state index is -3.15. The Bertz CT molecular complexity index is 437. The zero-order valence-corrected chi connectivity index (χ0v) is 10.8. The predicted octanol–water partition coefficient (Wildman–Crippen LogP) is 1.38. The first-order valence-electron chi connectivity index (χ1n) is 5.24. The second kappa shape index (κ2) is 4.55. The molecule has 0 aliphatic carbocycles. The van der Waals surface area contributed by atoms with Gasteiger partial charge in [0, 0.05) is 12.3 Å². The molecule has 4 heteroatoms. The highest BCUT2D eigenvalue weighted by atomic mass is 32.2. The van der Waals surface area contributed by atoms with E-state index in [1.807, 2.05) is 30.3 Å².